The lowest BCUT2D eigenvalue weighted by molar-refractivity contribution is 0.144. The van der Waals surface area contributed by atoms with E-state index in [2.05, 4.69) is 37.0 Å². The molecule has 136 valence electrons. The Morgan fingerprint density at radius 3 is 2.77 bits per heavy atom. The summed E-state index contributed by atoms with van der Waals surface area (Å²) in [7, 11) is 2.13. The zero-order valence-corrected chi connectivity index (χ0v) is 14.8. The lowest BCUT2D eigenvalue weighted by Crippen LogP contribution is -2.44. The molecule has 8 nitrogen and oxygen atoms in total. The first kappa shape index (κ1) is 16.9. The van der Waals surface area contributed by atoms with E-state index in [0.717, 1.165) is 37.2 Å². The highest BCUT2D eigenvalue weighted by Crippen LogP contribution is 2.09. The monoisotopic (exact) mass is 354 g/mol. The van der Waals surface area contributed by atoms with Crippen LogP contribution in [0.3, 0.4) is 0 Å². The first-order valence-electron chi connectivity index (χ1n) is 8.88. The third-order valence-electron chi connectivity index (χ3n) is 4.72. The van der Waals surface area contributed by atoms with E-state index in [0.29, 0.717) is 36.8 Å². The van der Waals surface area contributed by atoms with Gasteiger partial charge < -0.3 is 14.4 Å². The Kier molecular flexibility index (Phi) is 4.77. The van der Waals surface area contributed by atoms with Gasteiger partial charge in [-0.2, -0.15) is 4.98 Å². The average molecular weight is 354 g/mol. The molecule has 0 atom stereocenters. The number of aryl methyl sites for hydroxylation is 2. The number of nitrogens with one attached hydrogen (secondary N) is 1. The molecule has 26 heavy (non-hydrogen) atoms. The van der Waals surface area contributed by atoms with E-state index in [9.17, 15) is 4.79 Å². The Morgan fingerprint density at radius 2 is 1.92 bits per heavy atom. The lowest BCUT2D eigenvalue weighted by atomic mass is 10.2. The first-order valence-corrected chi connectivity index (χ1v) is 8.88. The van der Waals surface area contributed by atoms with Crippen molar-refractivity contribution in [2.75, 3.05) is 33.2 Å². The van der Waals surface area contributed by atoms with Crippen LogP contribution in [0.2, 0.25) is 0 Å². The van der Waals surface area contributed by atoms with Crippen molar-refractivity contribution in [2.24, 2.45) is 0 Å². The highest BCUT2D eigenvalue weighted by atomic mass is 16.5. The second-order valence-corrected chi connectivity index (χ2v) is 6.71. The van der Waals surface area contributed by atoms with Gasteiger partial charge >= 0.3 is 0 Å². The Labute approximate surface area is 150 Å². The molecular formula is C18H22N6O2. The molecule has 1 saturated heterocycles. The predicted molar refractivity (Wildman–Crippen MR) is 96.8 cm³/mol. The van der Waals surface area contributed by atoms with Gasteiger partial charge in [0.1, 0.15) is 5.69 Å². The lowest BCUT2D eigenvalue weighted by Gasteiger charge is -2.31. The number of piperazine rings is 1. The third kappa shape index (κ3) is 3.81. The predicted octanol–water partition coefficient (Wildman–Crippen LogP) is 0.839. The molecule has 3 aromatic rings. The van der Waals surface area contributed by atoms with Crippen LogP contribution >= 0.6 is 0 Å². The molecule has 1 N–H and O–H groups in total. The molecule has 8 heteroatoms. The minimum Gasteiger partial charge on any atom is -0.339 e. The summed E-state index contributed by atoms with van der Waals surface area (Å²) >= 11 is 0. The normalized spacial score (nSPS) is 16.3. The summed E-state index contributed by atoms with van der Waals surface area (Å²) in [6.07, 6.45) is 0.973. The van der Waals surface area contributed by atoms with Gasteiger partial charge in [-0.1, -0.05) is 17.3 Å². The number of fused-ring (bicyclic) bond motifs is 1. The van der Waals surface area contributed by atoms with Gasteiger partial charge in [-0.3, -0.25) is 9.69 Å². The summed E-state index contributed by atoms with van der Waals surface area (Å²) in [6.45, 7) is 4.84. The average Bonchev–Trinajstić information content (AvgIpc) is 3.09. The van der Waals surface area contributed by atoms with E-state index >= 15 is 0 Å². The molecule has 0 bridgehead atoms. The Morgan fingerprint density at radius 1 is 1.12 bits per heavy atom. The zero-order valence-electron chi connectivity index (χ0n) is 14.8. The second-order valence-electron chi connectivity index (χ2n) is 6.71. The molecule has 3 heterocycles. The molecule has 0 aliphatic carbocycles. The first-order chi connectivity index (χ1) is 12.7. The van der Waals surface area contributed by atoms with E-state index < -0.39 is 0 Å². The topological polar surface area (TPSA) is 91.2 Å². The van der Waals surface area contributed by atoms with Crippen molar-refractivity contribution in [3.8, 4) is 0 Å². The number of para-hydroxylation sites is 2. The SMILES string of the molecule is CN1CCN(Cc2noc(CCc3nc4ccccc4[nH]c3=O)n2)CC1. The van der Waals surface area contributed by atoms with Crippen LogP contribution in [0.1, 0.15) is 17.4 Å². The van der Waals surface area contributed by atoms with Gasteiger partial charge in [-0.05, 0) is 19.2 Å². The third-order valence-corrected chi connectivity index (χ3v) is 4.72. The molecule has 0 amide bonds. The smallest absolute Gasteiger partial charge is 0.270 e. The quantitative estimate of drug-likeness (QED) is 0.726. The van der Waals surface area contributed by atoms with Crippen molar-refractivity contribution in [1.29, 1.82) is 0 Å². The van der Waals surface area contributed by atoms with Gasteiger partial charge in [0.25, 0.3) is 5.56 Å². The van der Waals surface area contributed by atoms with Crippen LogP contribution in [0.25, 0.3) is 11.0 Å². The Balaban J connectivity index is 1.39. The molecule has 1 aliphatic heterocycles. The number of rotatable bonds is 5. The standard InChI is InChI=1S/C18H22N6O2/c1-23-8-10-24(11-9-23)12-16-21-17(26-22-16)7-6-15-18(25)20-14-5-3-2-4-13(14)19-15/h2-5H,6-12H2,1H3,(H,20,25). The maximum absolute atomic E-state index is 12.2. The second kappa shape index (κ2) is 7.35. The summed E-state index contributed by atoms with van der Waals surface area (Å²) < 4.78 is 5.34. The number of likely N-dealkylation sites (N-methyl/N-ethyl adjacent to an activating group) is 1. The maximum Gasteiger partial charge on any atom is 0.270 e. The van der Waals surface area contributed by atoms with Crippen LogP contribution in [0, 0.1) is 0 Å². The molecule has 0 unspecified atom stereocenters. The minimum absolute atomic E-state index is 0.166. The van der Waals surface area contributed by atoms with Gasteiger partial charge in [-0.15, -0.1) is 0 Å². The molecule has 0 saturated carbocycles. The van der Waals surface area contributed by atoms with Crippen LogP contribution < -0.4 is 5.56 Å². The van der Waals surface area contributed by atoms with Crippen molar-refractivity contribution in [1.82, 2.24) is 29.9 Å². The fraction of sp³-hybridized carbons (Fsp3) is 0.444. The summed E-state index contributed by atoms with van der Waals surface area (Å²) in [5.41, 5.74) is 1.85. The number of aromatic amines is 1. The van der Waals surface area contributed by atoms with Gasteiger partial charge in [0.05, 0.1) is 17.6 Å². The number of nitrogens with zero attached hydrogens (tertiary/aromatic N) is 5. The summed E-state index contributed by atoms with van der Waals surface area (Å²) in [6, 6.07) is 7.51. The van der Waals surface area contributed by atoms with Crippen molar-refractivity contribution in [2.45, 2.75) is 19.4 Å². The van der Waals surface area contributed by atoms with Crippen molar-refractivity contribution >= 4 is 11.0 Å². The fourth-order valence-corrected chi connectivity index (χ4v) is 3.12. The number of aromatic nitrogens is 4. The summed E-state index contributed by atoms with van der Waals surface area (Å²) in [4.78, 5) is 28.6. The number of hydrogen-bond acceptors (Lipinski definition) is 7. The fourth-order valence-electron chi connectivity index (χ4n) is 3.12. The van der Waals surface area contributed by atoms with Crippen LogP contribution in [0.4, 0.5) is 0 Å². The zero-order chi connectivity index (χ0) is 17.9. The van der Waals surface area contributed by atoms with E-state index in [1.165, 1.54) is 0 Å². The van der Waals surface area contributed by atoms with Crippen molar-refractivity contribution < 1.29 is 4.52 Å². The van der Waals surface area contributed by atoms with Gasteiger partial charge in [0.15, 0.2) is 5.82 Å². The highest BCUT2D eigenvalue weighted by molar-refractivity contribution is 5.73. The molecule has 1 aromatic carbocycles. The number of H-pyrrole nitrogens is 1. The van der Waals surface area contributed by atoms with Gasteiger partial charge in [0, 0.05) is 39.0 Å². The van der Waals surface area contributed by atoms with E-state index in [-0.39, 0.29) is 5.56 Å². The largest absolute Gasteiger partial charge is 0.339 e. The number of benzene rings is 1. The van der Waals surface area contributed by atoms with E-state index in [1.54, 1.807) is 0 Å². The van der Waals surface area contributed by atoms with Gasteiger partial charge in [-0.25, -0.2) is 4.98 Å². The molecule has 0 spiro atoms. The molecular weight excluding hydrogens is 332 g/mol. The summed E-state index contributed by atoms with van der Waals surface area (Å²) in [5.74, 6) is 1.24. The molecule has 0 radical (unpaired) electrons. The number of hydrogen-bond donors (Lipinski definition) is 1. The van der Waals surface area contributed by atoms with Crippen molar-refractivity contribution in [3.63, 3.8) is 0 Å². The summed E-state index contributed by atoms with van der Waals surface area (Å²) in [5, 5.41) is 4.07. The molecule has 1 fully saturated rings. The minimum atomic E-state index is -0.166. The Hall–Kier alpha value is -2.58. The Bertz CT molecular complexity index is 942. The van der Waals surface area contributed by atoms with Crippen LogP contribution in [-0.4, -0.2) is 63.1 Å². The molecule has 1 aliphatic rings. The molecule has 4 rings (SSSR count). The highest BCUT2D eigenvalue weighted by Gasteiger charge is 2.17. The molecule has 2 aromatic heterocycles. The van der Waals surface area contributed by atoms with Gasteiger partial charge in [0.2, 0.25) is 5.89 Å². The van der Waals surface area contributed by atoms with E-state index in [4.69, 9.17) is 4.52 Å². The van der Waals surface area contributed by atoms with Crippen LogP contribution in [0.5, 0.6) is 0 Å². The van der Waals surface area contributed by atoms with Crippen LogP contribution in [0.15, 0.2) is 33.6 Å². The van der Waals surface area contributed by atoms with E-state index in [1.807, 2.05) is 24.3 Å². The van der Waals surface area contributed by atoms with Crippen molar-refractivity contribution in [3.05, 3.63) is 52.0 Å². The van der Waals surface area contributed by atoms with Crippen LogP contribution in [-0.2, 0) is 19.4 Å². The maximum atomic E-state index is 12.2.